The van der Waals surface area contributed by atoms with Crippen LogP contribution in [0.2, 0.25) is 5.02 Å². The Labute approximate surface area is 124 Å². The first-order valence-corrected chi connectivity index (χ1v) is 6.92. The lowest BCUT2D eigenvalue weighted by atomic mass is 10.1. The van der Waals surface area contributed by atoms with Gasteiger partial charge in [-0.3, -0.25) is 0 Å². The van der Waals surface area contributed by atoms with Crippen LogP contribution in [0.25, 0.3) is 0 Å². The van der Waals surface area contributed by atoms with E-state index in [0.29, 0.717) is 12.5 Å². The van der Waals surface area contributed by atoms with Crippen molar-refractivity contribution in [2.24, 2.45) is 5.73 Å². The molecule has 1 atom stereocenters. The van der Waals surface area contributed by atoms with Gasteiger partial charge in [0.2, 0.25) is 5.95 Å². The zero-order chi connectivity index (χ0) is 14.7. The lowest BCUT2D eigenvalue weighted by Crippen LogP contribution is -2.24. The van der Waals surface area contributed by atoms with Crippen molar-refractivity contribution in [2.45, 2.75) is 26.4 Å². The summed E-state index contributed by atoms with van der Waals surface area (Å²) in [6.07, 6.45) is 0. The fourth-order valence-corrected chi connectivity index (χ4v) is 2.24. The number of benzene rings is 1. The van der Waals surface area contributed by atoms with Crippen molar-refractivity contribution >= 4 is 17.5 Å². The summed E-state index contributed by atoms with van der Waals surface area (Å²) < 4.78 is 0. The standard InChI is InChI=1S/C15H19ClN4/c1-10-7-14(9-17)19-15(18-10)20(3)11(2)12-5-4-6-13(16)8-12/h4-8,11H,9,17H2,1-3H3. The quantitative estimate of drug-likeness (QED) is 0.940. The summed E-state index contributed by atoms with van der Waals surface area (Å²) in [5, 5.41) is 0.732. The Hall–Kier alpha value is -1.65. The van der Waals surface area contributed by atoms with Crippen LogP contribution in [-0.2, 0) is 6.54 Å². The topological polar surface area (TPSA) is 55.0 Å². The molecule has 0 amide bonds. The molecule has 5 heteroatoms. The fraction of sp³-hybridized carbons (Fsp3) is 0.333. The molecule has 2 aromatic rings. The van der Waals surface area contributed by atoms with Crippen LogP contribution in [-0.4, -0.2) is 17.0 Å². The summed E-state index contributed by atoms with van der Waals surface area (Å²) >= 11 is 6.05. The SMILES string of the molecule is Cc1cc(CN)nc(N(C)C(C)c2cccc(Cl)c2)n1. The van der Waals surface area contributed by atoms with Crippen molar-refractivity contribution in [2.75, 3.05) is 11.9 Å². The Balaban J connectivity index is 2.30. The number of nitrogens with zero attached hydrogens (tertiary/aromatic N) is 3. The van der Waals surface area contributed by atoms with E-state index < -0.39 is 0 Å². The average molecular weight is 291 g/mol. The summed E-state index contributed by atoms with van der Waals surface area (Å²) in [5.74, 6) is 0.679. The fourth-order valence-electron chi connectivity index (χ4n) is 2.04. The second-order valence-corrected chi connectivity index (χ2v) is 5.28. The molecule has 0 aliphatic carbocycles. The van der Waals surface area contributed by atoms with Gasteiger partial charge in [0.1, 0.15) is 0 Å². The number of aromatic nitrogens is 2. The van der Waals surface area contributed by atoms with Crippen LogP contribution >= 0.6 is 11.6 Å². The summed E-state index contributed by atoms with van der Waals surface area (Å²) in [5.41, 5.74) is 8.56. The molecule has 2 rings (SSSR count). The number of halogens is 1. The number of anilines is 1. The molecule has 2 N–H and O–H groups in total. The number of rotatable bonds is 4. The predicted molar refractivity (Wildman–Crippen MR) is 82.9 cm³/mol. The van der Waals surface area contributed by atoms with Crippen LogP contribution in [0.3, 0.4) is 0 Å². The Kier molecular flexibility index (Phi) is 4.57. The Morgan fingerprint density at radius 2 is 2.05 bits per heavy atom. The van der Waals surface area contributed by atoms with Crippen molar-refractivity contribution < 1.29 is 0 Å². The number of hydrogen-bond donors (Lipinski definition) is 1. The highest BCUT2D eigenvalue weighted by atomic mass is 35.5. The van der Waals surface area contributed by atoms with E-state index in [1.54, 1.807) is 0 Å². The van der Waals surface area contributed by atoms with Gasteiger partial charge in [0.15, 0.2) is 0 Å². The molecule has 1 heterocycles. The minimum Gasteiger partial charge on any atom is -0.337 e. The lowest BCUT2D eigenvalue weighted by Gasteiger charge is -2.26. The monoisotopic (exact) mass is 290 g/mol. The zero-order valence-electron chi connectivity index (χ0n) is 12.0. The van der Waals surface area contributed by atoms with Gasteiger partial charge in [-0.25, -0.2) is 9.97 Å². The maximum Gasteiger partial charge on any atom is 0.226 e. The number of nitrogens with two attached hydrogens (primary N) is 1. The van der Waals surface area contributed by atoms with E-state index in [-0.39, 0.29) is 6.04 Å². The molecule has 0 fully saturated rings. The predicted octanol–water partition coefficient (Wildman–Crippen LogP) is 3.09. The molecular weight excluding hydrogens is 272 g/mol. The minimum atomic E-state index is 0.126. The van der Waals surface area contributed by atoms with Crippen LogP contribution in [0.1, 0.15) is 29.9 Å². The van der Waals surface area contributed by atoms with Crippen LogP contribution in [0.4, 0.5) is 5.95 Å². The van der Waals surface area contributed by atoms with Gasteiger partial charge in [0, 0.05) is 24.3 Å². The highest BCUT2D eigenvalue weighted by Crippen LogP contribution is 2.25. The minimum absolute atomic E-state index is 0.126. The summed E-state index contributed by atoms with van der Waals surface area (Å²) in [4.78, 5) is 11.0. The third kappa shape index (κ3) is 3.26. The second kappa shape index (κ2) is 6.20. The third-order valence-electron chi connectivity index (χ3n) is 3.33. The van der Waals surface area contributed by atoms with Crippen molar-refractivity contribution in [3.8, 4) is 0 Å². The molecule has 0 bridgehead atoms. The van der Waals surface area contributed by atoms with E-state index in [0.717, 1.165) is 22.0 Å². The van der Waals surface area contributed by atoms with Gasteiger partial charge in [-0.15, -0.1) is 0 Å². The van der Waals surface area contributed by atoms with Gasteiger partial charge in [0.25, 0.3) is 0 Å². The molecule has 0 aliphatic rings. The van der Waals surface area contributed by atoms with E-state index >= 15 is 0 Å². The van der Waals surface area contributed by atoms with E-state index in [2.05, 4.69) is 16.9 Å². The lowest BCUT2D eigenvalue weighted by molar-refractivity contribution is 0.708. The van der Waals surface area contributed by atoms with Crippen molar-refractivity contribution in [3.63, 3.8) is 0 Å². The maximum atomic E-state index is 6.05. The van der Waals surface area contributed by atoms with Crippen molar-refractivity contribution in [1.29, 1.82) is 0 Å². The Bertz CT molecular complexity index is 600. The molecule has 4 nitrogen and oxygen atoms in total. The summed E-state index contributed by atoms with van der Waals surface area (Å²) in [6.45, 7) is 4.46. The average Bonchev–Trinajstić information content (AvgIpc) is 2.45. The number of hydrogen-bond acceptors (Lipinski definition) is 4. The smallest absolute Gasteiger partial charge is 0.226 e. The first-order chi connectivity index (χ1) is 9.51. The highest BCUT2D eigenvalue weighted by molar-refractivity contribution is 6.30. The van der Waals surface area contributed by atoms with E-state index in [4.69, 9.17) is 17.3 Å². The molecule has 106 valence electrons. The maximum absolute atomic E-state index is 6.05. The summed E-state index contributed by atoms with van der Waals surface area (Å²) in [6, 6.07) is 9.86. The molecule has 1 aromatic carbocycles. The van der Waals surface area contributed by atoms with Gasteiger partial charge < -0.3 is 10.6 Å². The molecule has 0 saturated heterocycles. The number of aryl methyl sites for hydroxylation is 1. The van der Waals surface area contributed by atoms with Crippen molar-refractivity contribution in [1.82, 2.24) is 9.97 Å². The highest BCUT2D eigenvalue weighted by Gasteiger charge is 2.15. The molecule has 20 heavy (non-hydrogen) atoms. The van der Waals surface area contributed by atoms with E-state index in [9.17, 15) is 0 Å². The van der Waals surface area contributed by atoms with E-state index in [1.165, 1.54) is 0 Å². The van der Waals surface area contributed by atoms with Gasteiger partial charge in [-0.2, -0.15) is 0 Å². The summed E-state index contributed by atoms with van der Waals surface area (Å²) in [7, 11) is 1.97. The van der Waals surface area contributed by atoms with Gasteiger partial charge in [0.05, 0.1) is 11.7 Å². The molecule has 0 saturated carbocycles. The second-order valence-electron chi connectivity index (χ2n) is 4.85. The van der Waals surface area contributed by atoms with Gasteiger partial charge >= 0.3 is 0 Å². The van der Waals surface area contributed by atoms with Crippen LogP contribution in [0.5, 0.6) is 0 Å². The zero-order valence-corrected chi connectivity index (χ0v) is 12.7. The molecule has 1 unspecified atom stereocenters. The first-order valence-electron chi connectivity index (χ1n) is 6.54. The first kappa shape index (κ1) is 14.8. The molecule has 0 radical (unpaired) electrons. The third-order valence-corrected chi connectivity index (χ3v) is 3.57. The van der Waals surface area contributed by atoms with Gasteiger partial charge in [-0.1, -0.05) is 23.7 Å². The molecule has 0 aliphatic heterocycles. The molecule has 1 aromatic heterocycles. The molecular formula is C15H19ClN4. The Morgan fingerprint density at radius 3 is 2.70 bits per heavy atom. The molecule has 0 spiro atoms. The van der Waals surface area contributed by atoms with Crippen LogP contribution in [0, 0.1) is 6.92 Å². The Morgan fingerprint density at radius 1 is 1.30 bits per heavy atom. The van der Waals surface area contributed by atoms with Crippen molar-refractivity contribution in [3.05, 3.63) is 52.3 Å². The van der Waals surface area contributed by atoms with Gasteiger partial charge in [-0.05, 0) is 37.6 Å². The normalized spacial score (nSPS) is 12.2. The van der Waals surface area contributed by atoms with E-state index in [1.807, 2.05) is 49.2 Å². The van der Waals surface area contributed by atoms with Crippen LogP contribution < -0.4 is 10.6 Å². The largest absolute Gasteiger partial charge is 0.337 e. The van der Waals surface area contributed by atoms with Crippen LogP contribution in [0.15, 0.2) is 30.3 Å².